The lowest BCUT2D eigenvalue weighted by atomic mass is 9.48. The van der Waals surface area contributed by atoms with Crippen LogP contribution in [0.3, 0.4) is 0 Å². The van der Waals surface area contributed by atoms with Gasteiger partial charge in [-0.1, -0.05) is 59.1 Å². The third-order valence-electron chi connectivity index (χ3n) is 8.82. The summed E-state index contributed by atoms with van der Waals surface area (Å²) in [5.41, 5.74) is 3.27. The van der Waals surface area contributed by atoms with E-state index < -0.39 is 0 Å². The molecule has 39 heavy (non-hydrogen) atoms. The SMILES string of the molecule is O=C(Nc1nn(Cc2ccc(Cl)cc2Cl)cc1Cl)c1cn(-c2ccccc2)nc1C12CC3CC(CC(C3)C1)C2. The third-order valence-corrected chi connectivity index (χ3v) is 9.68. The zero-order valence-corrected chi connectivity index (χ0v) is 23.6. The van der Waals surface area contributed by atoms with Crippen molar-refractivity contribution in [2.45, 2.75) is 50.5 Å². The van der Waals surface area contributed by atoms with E-state index in [0.717, 1.165) is 54.0 Å². The molecule has 4 aliphatic carbocycles. The highest BCUT2D eigenvalue weighted by atomic mass is 35.5. The predicted molar refractivity (Wildman–Crippen MR) is 154 cm³/mol. The summed E-state index contributed by atoms with van der Waals surface area (Å²) in [5.74, 6) is 2.28. The van der Waals surface area contributed by atoms with E-state index in [-0.39, 0.29) is 11.3 Å². The summed E-state index contributed by atoms with van der Waals surface area (Å²) in [5, 5.41) is 14.1. The van der Waals surface area contributed by atoms with Gasteiger partial charge in [-0.05, 0) is 86.1 Å². The molecule has 0 aliphatic heterocycles. The van der Waals surface area contributed by atoms with Gasteiger partial charge in [0, 0.05) is 27.9 Å². The maximum Gasteiger partial charge on any atom is 0.260 e. The van der Waals surface area contributed by atoms with E-state index in [0.29, 0.717) is 33.0 Å². The van der Waals surface area contributed by atoms with Gasteiger partial charge in [0.05, 0.1) is 23.5 Å². The lowest BCUT2D eigenvalue weighted by Gasteiger charge is -2.56. The van der Waals surface area contributed by atoms with E-state index >= 15 is 0 Å². The van der Waals surface area contributed by atoms with E-state index in [1.807, 2.05) is 47.3 Å². The lowest BCUT2D eigenvalue weighted by Crippen LogP contribution is -2.49. The number of amides is 1. The second-order valence-corrected chi connectivity index (χ2v) is 12.8. The monoisotopic (exact) mass is 579 g/mol. The second-order valence-electron chi connectivity index (χ2n) is 11.6. The molecule has 4 aliphatic rings. The molecular weight excluding hydrogens is 553 g/mol. The fraction of sp³-hybridized carbons (Fsp3) is 0.367. The summed E-state index contributed by atoms with van der Waals surface area (Å²) < 4.78 is 3.52. The average molecular weight is 581 g/mol. The fourth-order valence-electron chi connectivity index (χ4n) is 7.61. The Labute approximate surface area is 242 Å². The molecule has 4 aromatic rings. The minimum atomic E-state index is -0.236. The zero-order valence-electron chi connectivity index (χ0n) is 21.3. The number of carbonyl (C=O) groups is 1. The first-order valence-corrected chi connectivity index (χ1v) is 14.6. The van der Waals surface area contributed by atoms with Gasteiger partial charge in [0.2, 0.25) is 0 Å². The summed E-state index contributed by atoms with van der Waals surface area (Å²) in [6.45, 7) is 0.399. The van der Waals surface area contributed by atoms with Crippen LogP contribution in [0.25, 0.3) is 5.69 Å². The Morgan fingerprint density at radius 1 is 0.897 bits per heavy atom. The van der Waals surface area contributed by atoms with Crippen LogP contribution in [0.2, 0.25) is 15.1 Å². The van der Waals surface area contributed by atoms with Crippen LogP contribution in [0.15, 0.2) is 60.9 Å². The molecule has 9 heteroatoms. The molecular formula is C30H28Cl3N5O. The van der Waals surface area contributed by atoms with Gasteiger partial charge >= 0.3 is 0 Å². The minimum Gasteiger partial charge on any atom is -0.304 e. The van der Waals surface area contributed by atoms with E-state index in [4.69, 9.17) is 39.9 Å². The molecule has 4 saturated carbocycles. The van der Waals surface area contributed by atoms with Gasteiger partial charge in [-0.3, -0.25) is 9.48 Å². The number of aromatic nitrogens is 4. The van der Waals surface area contributed by atoms with Crippen LogP contribution < -0.4 is 5.32 Å². The van der Waals surface area contributed by atoms with Gasteiger partial charge in [-0.25, -0.2) is 4.68 Å². The number of hydrogen-bond acceptors (Lipinski definition) is 3. The van der Waals surface area contributed by atoms with Crippen LogP contribution in [0.1, 0.15) is 60.1 Å². The summed E-state index contributed by atoms with van der Waals surface area (Å²) >= 11 is 18.9. The summed E-state index contributed by atoms with van der Waals surface area (Å²) in [7, 11) is 0. The predicted octanol–water partition coefficient (Wildman–Crippen LogP) is 7.80. The molecule has 0 radical (unpaired) electrons. The van der Waals surface area contributed by atoms with Crippen molar-refractivity contribution >= 4 is 46.5 Å². The number of hydrogen-bond donors (Lipinski definition) is 1. The Morgan fingerprint density at radius 3 is 2.26 bits per heavy atom. The molecule has 2 heterocycles. The molecule has 6 nitrogen and oxygen atoms in total. The molecule has 8 rings (SSSR count). The van der Waals surface area contributed by atoms with E-state index in [2.05, 4.69) is 10.4 Å². The zero-order chi connectivity index (χ0) is 26.7. The molecule has 4 fully saturated rings. The molecule has 0 spiro atoms. The number of carbonyl (C=O) groups excluding carboxylic acids is 1. The highest BCUT2D eigenvalue weighted by Crippen LogP contribution is 2.61. The summed E-state index contributed by atoms with van der Waals surface area (Å²) in [4.78, 5) is 13.9. The first-order chi connectivity index (χ1) is 18.8. The highest BCUT2D eigenvalue weighted by Gasteiger charge is 2.54. The number of anilines is 1. The van der Waals surface area contributed by atoms with Crippen LogP contribution in [0.4, 0.5) is 5.82 Å². The second kappa shape index (κ2) is 9.69. The Bertz CT molecular complexity index is 1520. The van der Waals surface area contributed by atoms with Gasteiger partial charge in [-0.2, -0.15) is 10.2 Å². The van der Waals surface area contributed by atoms with Crippen molar-refractivity contribution in [2.24, 2.45) is 17.8 Å². The van der Waals surface area contributed by atoms with Crippen molar-refractivity contribution in [3.8, 4) is 5.69 Å². The summed E-state index contributed by atoms with van der Waals surface area (Å²) in [6.07, 6.45) is 10.9. The van der Waals surface area contributed by atoms with Crippen LogP contribution >= 0.6 is 34.8 Å². The largest absolute Gasteiger partial charge is 0.304 e. The Balaban J connectivity index is 1.21. The topological polar surface area (TPSA) is 64.7 Å². The van der Waals surface area contributed by atoms with E-state index in [9.17, 15) is 4.79 Å². The van der Waals surface area contributed by atoms with Gasteiger partial charge in [0.25, 0.3) is 5.91 Å². The fourth-order valence-corrected chi connectivity index (χ4v) is 8.27. The Hall–Kier alpha value is -2.80. The molecule has 2 aromatic heterocycles. The third kappa shape index (κ3) is 4.66. The van der Waals surface area contributed by atoms with E-state index in [1.165, 1.54) is 19.3 Å². The van der Waals surface area contributed by atoms with Crippen LogP contribution in [-0.4, -0.2) is 25.5 Å². The van der Waals surface area contributed by atoms with Crippen molar-refractivity contribution < 1.29 is 4.79 Å². The van der Waals surface area contributed by atoms with Crippen molar-refractivity contribution in [1.29, 1.82) is 0 Å². The maximum absolute atomic E-state index is 13.9. The normalized spacial score (nSPS) is 25.3. The summed E-state index contributed by atoms with van der Waals surface area (Å²) in [6, 6.07) is 15.3. The van der Waals surface area contributed by atoms with Gasteiger partial charge < -0.3 is 5.32 Å². The molecule has 0 atom stereocenters. The van der Waals surface area contributed by atoms with Crippen molar-refractivity contribution in [2.75, 3.05) is 5.32 Å². The van der Waals surface area contributed by atoms with Crippen molar-refractivity contribution in [3.05, 3.63) is 92.8 Å². The Morgan fingerprint density at radius 2 is 1.59 bits per heavy atom. The minimum absolute atomic E-state index is 0.0457. The molecule has 1 amide bonds. The van der Waals surface area contributed by atoms with Crippen LogP contribution in [0.5, 0.6) is 0 Å². The van der Waals surface area contributed by atoms with Crippen LogP contribution in [-0.2, 0) is 12.0 Å². The van der Waals surface area contributed by atoms with Crippen molar-refractivity contribution in [3.63, 3.8) is 0 Å². The lowest BCUT2D eigenvalue weighted by molar-refractivity contribution is -0.00765. The standard InChI is InChI=1S/C30H28Cl3N5O/c31-22-7-6-21(25(32)11-22)15-37-17-26(33)28(36-37)34-29(39)24-16-38(23-4-2-1-3-5-23)35-27(24)30-12-18-8-19(13-30)10-20(9-18)14-30/h1-7,11,16-20H,8-10,12-15H2,(H,34,36,39). The molecule has 2 aromatic carbocycles. The van der Waals surface area contributed by atoms with Crippen LogP contribution in [0, 0.1) is 17.8 Å². The molecule has 4 bridgehead atoms. The number of halogens is 3. The molecule has 0 saturated heterocycles. The number of nitrogens with zero attached hydrogens (tertiary/aromatic N) is 4. The van der Waals surface area contributed by atoms with Crippen molar-refractivity contribution in [1.82, 2.24) is 19.6 Å². The number of rotatable bonds is 6. The Kier molecular flexibility index (Phi) is 6.25. The van der Waals surface area contributed by atoms with Gasteiger partial charge in [-0.15, -0.1) is 0 Å². The number of nitrogens with one attached hydrogen (secondary N) is 1. The van der Waals surface area contributed by atoms with Gasteiger partial charge in [0.15, 0.2) is 5.82 Å². The molecule has 0 unspecified atom stereocenters. The smallest absolute Gasteiger partial charge is 0.260 e. The van der Waals surface area contributed by atoms with E-state index in [1.54, 1.807) is 23.0 Å². The first kappa shape index (κ1) is 25.2. The first-order valence-electron chi connectivity index (χ1n) is 13.5. The molecule has 200 valence electrons. The highest BCUT2D eigenvalue weighted by molar-refractivity contribution is 6.35. The molecule has 1 N–H and O–H groups in total. The average Bonchev–Trinajstić information content (AvgIpc) is 3.50. The maximum atomic E-state index is 13.9. The van der Waals surface area contributed by atoms with Gasteiger partial charge in [0.1, 0.15) is 5.02 Å². The number of benzene rings is 2. The number of para-hydroxylation sites is 1. The quantitative estimate of drug-likeness (QED) is 0.253.